The first-order valence-electron chi connectivity index (χ1n) is 5.11. The number of rotatable bonds is 5. The highest BCUT2D eigenvalue weighted by Crippen LogP contribution is 2.16. The molecule has 1 aromatic rings. The second kappa shape index (κ2) is 5.61. The van der Waals surface area contributed by atoms with Crippen LogP contribution in [0.25, 0.3) is 0 Å². The Morgan fingerprint density at radius 2 is 2.13 bits per heavy atom. The highest BCUT2D eigenvalue weighted by molar-refractivity contribution is 5.42. The van der Waals surface area contributed by atoms with Gasteiger partial charge in [0.2, 0.25) is 0 Å². The van der Waals surface area contributed by atoms with E-state index in [0.29, 0.717) is 6.04 Å². The normalized spacial score (nSPS) is 12.6. The Balaban J connectivity index is 2.50. The predicted octanol–water partition coefficient (Wildman–Crippen LogP) is 1.88. The van der Waals surface area contributed by atoms with E-state index in [9.17, 15) is 0 Å². The van der Waals surface area contributed by atoms with Gasteiger partial charge in [0.15, 0.2) is 0 Å². The molecule has 3 nitrogen and oxygen atoms in total. The van der Waals surface area contributed by atoms with Crippen molar-refractivity contribution in [3.05, 3.63) is 24.3 Å². The second-order valence-corrected chi connectivity index (χ2v) is 3.85. The second-order valence-electron chi connectivity index (χ2n) is 3.85. The maximum atomic E-state index is 5.14. The summed E-state index contributed by atoms with van der Waals surface area (Å²) < 4.78 is 5.14. The lowest BCUT2D eigenvalue weighted by molar-refractivity contribution is 0.310. The molecule has 83 valence electrons. The first-order chi connectivity index (χ1) is 7.13. The van der Waals surface area contributed by atoms with Crippen molar-refractivity contribution >= 4 is 5.69 Å². The Labute approximate surface area is 92.0 Å². The van der Waals surface area contributed by atoms with Crippen molar-refractivity contribution < 1.29 is 4.74 Å². The molecule has 0 bridgehead atoms. The highest BCUT2D eigenvalue weighted by Gasteiger charge is 2.05. The summed E-state index contributed by atoms with van der Waals surface area (Å²) in [4.78, 5) is 2.16. The zero-order chi connectivity index (χ0) is 11.3. The number of hydrogen-bond donors (Lipinski definition) is 0. The van der Waals surface area contributed by atoms with Gasteiger partial charge in [-0.05, 0) is 33.2 Å². The molecule has 0 saturated heterocycles. The number of nitrogens with zero attached hydrogens (tertiary/aromatic N) is 2. The van der Waals surface area contributed by atoms with E-state index in [1.54, 1.807) is 7.11 Å². The molecule has 1 aromatic carbocycles. The topological polar surface area (TPSA) is 26.6 Å². The Morgan fingerprint density at radius 3 is 2.73 bits per heavy atom. The van der Waals surface area contributed by atoms with E-state index in [2.05, 4.69) is 31.2 Å². The van der Waals surface area contributed by atoms with Gasteiger partial charge in [0.1, 0.15) is 5.75 Å². The van der Waals surface area contributed by atoms with Gasteiger partial charge in [-0.2, -0.15) is 0 Å². The maximum Gasteiger partial charge on any atom is 0.120 e. The van der Waals surface area contributed by atoms with Gasteiger partial charge in [-0.1, -0.05) is 6.07 Å². The van der Waals surface area contributed by atoms with E-state index in [1.807, 2.05) is 24.3 Å². The molecular formula is C12H19N2O. The van der Waals surface area contributed by atoms with Gasteiger partial charge in [-0.25, -0.2) is 0 Å². The number of likely N-dealkylation sites (N-methyl/N-ethyl adjacent to an activating group) is 1. The molecule has 0 aromatic heterocycles. The first-order valence-corrected chi connectivity index (χ1v) is 5.11. The number of benzene rings is 1. The quantitative estimate of drug-likeness (QED) is 0.737. The van der Waals surface area contributed by atoms with E-state index in [-0.39, 0.29) is 0 Å². The van der Waals surface area contributed by atoms with Gasteiger partial charge in [0.25, 0.3) is 0 Å². The van der Waals surface area contributed by atoms with Gasteiger partial charge in [0, 0.05) is 12.1 Å². The standard InChI is InChI=1S/C12H19N2O/c1-10(14(2)3)9-13-11-6-5-7-12(8-11)15-4/h5-8,10H,9H2,1-4H3. The molecule has 3 heteroatoms. The van der Waals surface area contributed by atoms with Crippen molar-refractivity contribution in [1.82, 2.24) is 10.2 Å². The molecular weight excluding hydrogens is 188 g/mol. The molecule has 0 aliphatic rings. The van der Waals surface area contributed by atoms with E-state index in [0.717, 1.165) is 18.0 Å². The Morgan fingerprint density at radius 1 is 1.40 bits per heavy atom. The molecule has 0 aliphatic carbocycles. The molecule has 0 fully saturated rings. The lowest BCUT2D eigenvalue weighted by atomic mass is 10.2. The number of methoxy groups -OCH3 is 1. The fraction of sp³-hybridized carbons (Fsp3) is 0.500. The molecule has 0 aliphatic heterocycles. The van der Waals surface area contributed by atoms with Crippen LogP contribution in [0.4, 0.5) is 5.69 Å². The van der Waals surface area contributed by atoms with Gasteiger partial charge in [-0.15, -0.1) is 0 Å². The van der Waals surface area contributed by atoms with Crippen LogP contribution in [0, 0.1) is 0 Å². The first kappa shape index (κ1) is 11.9. The van der Waals surface area contributed by atoms with Crippen LogP contribution >= 0.6 is 0 Å². The third-order valence-corrected chi connectivity index (χ3v) is 2.47. The average Bonchev–Trinajstić information content (AvgIpc) is 2.26. The summed E-state index contributed by atoms with van der Waals surface area (Å²) in [5, 5.41) is 4.51. The lowest BCUT2D eigenvalue weighted by Gasteiger charge is -2.19. The number of hydrogen-bond acceptors (Lipinski definition) is 2. The van der Waals surface area contributed by atoms with Crippen LogP contribution in [-0.4, -0.2) is 38.7 Å². The Bertz CT molecular complexity index is 299. The molecule has 1 atom stereocenters. The molecule has 0 heterocycles. The SMILES string of the molecule is COc1cccc([N]CC(C)N(C)C)c1. The average molecular weight is 207 g/mol. The molecule has 1 radical (unpaired) electrons. The van der Waals surface area contributed by atoms with Crippen molar-refractivity contribution in [3.63, 3.8) is 0 Å². The lowest BCUT2D eigenvalue weighted by Crippen LogP contribution is -2.31. The van der Waals surface area contributed by atoms with Crippen molar-refractivity contribution in [1.29, 1.82) is 0 Å². The molecule has 1 rings (SSSR count). The Kier molecular flexibility index (Phi) is 4.43. The van der Waals surface area contributed by atoms with E-state index < -0.39 is 0 Å². The minimum atomic E-state index is 0.455. The zero-order valence-corrected chi connectivity index (χ0v) is 9.90. The van der Waals surface area contributed by atoms with Crippen molar-refractivity contribution in [3.8, 4) is 5.75 Å². The smallest absolute Gasteiger partial charge is 0.120 e. The minimum absolute atomic E-state index is 0.455. The maximum absolute atomic E-state index is 5.14. The van der Waals surface area contributed by atoms with Crippen molar-refractivity contribution in [2.24, 2.45) is 0 Å². The fourth-order valence-electron chi connectivity index (χ4n) is 1.11. The predicted molar refractivity (Wildman–Crippen MR) is 62.8 cm³/mol. The monoisotopic (exact) mass is 207 g/mol. The third-order valence-electron chi connectivity index (χ3n) is 2.47. The molecule has 1 unspecified atom stereocenters. The largest absolute Gasteiger partial charge is 0.497 e. The molecule has 0 N–H and O–H groups in total. The minimum Gasteiger partial charge on any atom is -0.497 e. The molecule has 0 spiro atoms. The molecule has 0 amide bonds. The Hall–Kier alpha value is -1.22. The van der Waals surface area contributed by atoms with Gasteiger partial charge < -0.3 is 9.64 Å². The summed E-state index contributed by atoms with van der Waals surface area (Å²) >= 11 is 0. The molecule has 15 heavy (non-hydrogen) atoms. The van der Waals surface area contributed by atoms with Crippen LogP contribution in [0.5, 0.6) is 5.75 Å². The van der Waals surface area contributed by atoms with Gasteiger partial charge >= 0.3 is 0 Å². The van der Waals surface area contributed by atoms with Crippen LogP contribution in [0.1, 0.15) is 6.92 Å². The van der Waals surface area contributed by atoms with Crippen LogP contribution in [0.2, 0.25) is 0 Å². The summed E-state index contributed by atoms with van der Waals surface area (Å²) in [6, 6.07) is 8.27. The number of ether oxygens (including phenoxy) is 1. The summed E-state index contributed by atoms with van der Waals surface area (Å²) in [5.41, 5.74) is 0.975. The summed E-state index contributed by atoms with van der Waals surface area (Å²) in [5.74, 6) is 0.855. The van der Waals surface area contributed by atoms with Crippen LogP contribution < -0.4 is 10.1 Å². The van der Waals surface area contributed by atoms with Crippen molar-refractivity contribution in [2.45, 2.75) is 13.0 Å². The molecule has 0 saturated carbocycles. The van der Waals surface area contributed by atoms with Crippen LogP contribution in [0.15, 0.2) is 24.3 Å². The van der Waals surface area contributed by atoms with Gasteiger partial charge in [-0.3, -0.25) is 5.32 Å². The third kappa shape index (κ3) is 3.80. The van der Waals surface area contributed by atoms with E-state index >= 15 is 0 Å². The summed E-state index contributed by atoms with van der Waals surface area (Å²) in [6.07, 6.45) is 0. The fourth-order valence-corrected chi connectivity index (χ4v) is 1.11. The van der Waals surface area contributed by atoms with Crippen LogP contribution in [0.3, 0.4) is 0 Å². The highest BCUT2D eigenvalue weighted by atomic mass is 16.5. The van der Waals surface area contributed by atoms with Gasteiger partial charge in [0.05, 0.1) is 19.3 Å². The summed E-state index contributed by atoms with van der Waals surface area (Å²) in [6.45, 7) is 2.96. The van der Waals surface area contributed by atoms with E-state index in [4.69, 9.17) is 4.74 Å². The summed E-state index contributed by atoms with van der Waals surface area (Å²) in [7, 11) is 5.79. The van der Waals surface area contributed by atoms with Crippen LogP contribution in [-0.2, 0) is 0 Å². The van der Waals surface area contributed by atoms with Crippen molar-refractivity contribution in [2.75, 3.05) is 27.7 Å². The van der Waals surface area contributed by atoms with E-state index in [1.165, 1.54) is 0 Å². The zero-order valence-electron chi connectivity index (χ0n) is 9.90.